The first-order valence-electron chi connectivity index (χ1n) is 7.92. The average molecular weight is 548 g/mol. The van der Waals surface area contributed by atoms with Crippen LogP contribution in [0.4, 0.5) is 0 Å². The Bertz CT molecular complexity index is 422. The zero-order valence-electron chi connectivity index (χ0n) is 13.7. The highest BCUT2D eigenvalue weighted by Crippen LogP contribution is 2.22. The molecule has 0 saturated heterocycles. The fraction of sp³-hybridized carbons (Fsp3) is 0.625. The highest BCUT2D eigenvalue weighted by molar-refractivity contribution is 14.1. The van der Waals surface area contributed by atoms with Crippen LogP contribution >= 0.6 is 45.2 Å². The van der Waals surface area contributed by atoms with Gasteiger partial charge in [-0.25, -0.2) is 0 Å². The van der Waals surface area contributed by atoms with Crippen molar-refractivity contribution in [2.75, 3.05) is 19.8 Å². The van der Waals surface area contributed by atoms with E-state index in [2.05, 4.69) is 84.2 Å². The molecule has 1 aromatic carbocycles. The van der Waals surface area contributed by atoms with E-state index in [-0.39, 0.29) is 0 Å². The summed E-state index contributed by atoms with van der Waals surface area (Å²) in [6.45, 7) is 8.44. The second kappa shape index (κ2) is 11.4. The van der Waals surface area contributed by atoms with Crippen molar-refractivity contribution in [1.82, 2.24) is 0 Å². The molecule has 0 aliphatic heterocycles. The number of hydrogen-bond acceptors (Lipinski definition) is 3. The fourth-order valence-corrected chi connectivity index (χ4v) is 5.69. The summed E-state index contributed by atoms with van der Waals surface area (Å²) in [4.78, 5) is 0. The quantitative estimate of drug-likeness (QED) is 0.282. The van der Waals surface area contributed by atoms with Crippen molar-refractivity contribution in [2.45, 2.75) is 46.1 Å². The Morgan fingerprint density at radius 2 is 1.32 bits per heavy atom. The van der Waals surface area contributed by atoms with E-state index in [0.717, 1.165) is 25.3 Å². The molecule has 1 aromatic rings. The number of benzene rings is 1. The van der Waals surface area contributed by atoms with E-state index in [4.69, 9.17) is 13.3 Å². The van der Waals surface area contributed by atoms with Crippen molar-refractivity contribution in [3.05, 3.63) is 30.9 Å². The molecule has 6 heteroatoms. The summed E-state index contributed by atoms with van der Waals surface area (Å²) in [5, 5.41) is 0. The molecule has 0 heterocycles. The van der Waals surface area contributed by atoms with Gasteiger partial charge in [0.1, 0.15) is 0 Å². The van der Waals surface area contributed by atoms with E-state index in [1.165, 1.54) is 12.7 Å². The lowest BCUT2D eigenvalue weighted by molar-refractivity contribution is 0.0583. The zero-order valence-corrected chi connectivity index (χ0v) is 19.0. The lowest BCUT2D eigenvalue weighted by atomic mass is 10.2. The molecule has 0 spiro atoms. The van der Waals surface area contributed by atoms with Crippen molar-refractivity contribution in [3.8, 4) is 0 Å². The molecule has 0 aromatic heterocycles. The summed E-state index contributed by atoms with van der Waals surface area (Å²) in [5.74, 6) is 0. The van der Waals surface area contributed by atoms with Gasteiger partial charge in [-0.1, -0.05) is 26.8 Å². The maximum absolute atomic E-state index is 6.15. The first kappa shape index (κ1) is 20.8. The predicted molar refractivity (Wildman–Crippen MR) is 110 cm³/mol. The molecule has 0 saturated carbocycles. The van der Waals surface area contributed by atoms with Gasteiger partial charge in [-0.3, -0.25) is 0 Å². The van der Waals surface area contributed by atoms with Gasteiger partial charge in [0.25, 0.3) is 0 Å². The molecule has 0 atom stereocenters. The van der Waals surface area contributed by atoms with E-state index in [1.807, 2.05) is 0 Å². The monoisotopic (exact) mass is 548 g/mol. The highest BCUT2D eigenvalue weighted by Gasteiger charge is 2.41. The molecule has 0 amide bonds. The van der Waals surface area contributed by atoms with E-state index in [9.17, 15) is 0 Å². The van der Waals surface area contributed by atoms with Gasteiger partial charge in [0.2, 0.25) is 0 Å². The molecule has 22 heavy (non-hydrogen) atoms. The van der Waals surface area contributed by atoms with E-state index in [0.29, 0.717) is 19.8 Å². The van der Waals surface area contributed by atoms with Crippen LogP contribution in [0.3, 0.4) is 0 Å². The third-order valence-electron chi connectivity index (χ3n) is 2.98. The summed E-state index contributed by atoms with van der Waals surface area (Å²) in [5.41, 5.74) is 1.24. The van der Waals surface area contributed by atoms with Gasteiger partial charge < -0.3 is 13.3 Å². The Kier molecular flexibility index (Phi) is 10.7. The van der Waals surface area contributed by atoms with E-state index in [1.54, 1.807) is 0 Å². The van der Waals surface area contributed by atoms with Gasteiger partial charge in [-0.2, -0.15) is 0 Å². The van der Waals surface area contributed by atoms with Gasteiger partial charge in [0.05, 0.1) is 0 Å². The van der Waals surface area contributed by atoms with Crippen molar-refractivity contribution in [1.29, 1.82) is 0 Å². The number of hydrogen-bond donors (Lipinski definition) is 0. The molecule has 0 aliphatic rings. The third kappa shape index (κ3) is 7.12. The second-order valence-electron chi connectivity index (χ2n) is 5.15. The lowest BCUT2D eigenvalue weighted by Gasteiger charge is -2.29. The minimum absolute atomic E-state index is 0.696. The average Bonchev–Trinajstić information content (AvgIpc) is 2.52. The minimum atomic E-state index is -2.65. The molecule has 126 valence electrons. The van der Waals surface area contributed by atoms with Crippen molar-refractivity contribution in [3.63, 3.8) is 0 Å². The molecule has 0 unspecified atom stereocenters. The van der Waals surface area contributed by atoms with Crippen molar-refractivity contribution in [2.24, 2.45) is 0 Å². The summed E-state index contributed by atoms with van der Waals surface area (Å²) < 4.78 is 21.0. The van der Waals surface area contributed by atoms with Crippen molar-refractivity contribution >= 4 is 54.0 Å². The molecule has 1 rings (SSSR count). The third-order valence-corrected chi connectivity index (χ3v) is 8.62. The topological polar surface area (TPSA) is 27.7 Å². The van der Waals surface area contributed by atoms with Crippen molar-refractivity contribution < 1.29 is 13.3 Å². The van der Waals surface area contributed by atoms with Crippen LogP contribution in [0.25, 0.3) is 0 Å². The highest BCUT2D eigenvalue weighted by atomic mass is 127. The molecule has 0 radical (unpaired) electrons. The molecule has 0 fully saturated rings. The zero-order chi connectivity index (χ0) is 16.4. The van der Waals surface area contributed by atoms with E-state index < -0.39 is 8.80 Å². The van der Waals surface area contributed by atoms with Gasteiger partial charge >= 0.3 is 8.80 Å². The first-order valence-corrected chi connectivity index (χ1v) is 12.0. The van der Waals surface area contributed by atoms with Crippen LogP contribution in [0.1, 0.15) is 45.6 Å². The van der Waals surface area contributed by atoms with E-state index >= 15 is 0 Å². The standard InChI is InChI=1S/C16H26I2O3Si/c1-4-9-19-22(20-10-5-2,21-11-6-3)13-14-7-8-15(17)16(18)12-14/h7-8,12H,4-6,9-11,13H2,1-3H3. The Morgan fingerprint density at radius 1 is 0.818 bits per heavy atom. The molecule has 3 nitrogen and oxygen atoms in total. The van der Waals surface area contributed by atoms with Gasteiger partial charge in [0.15, 0.2) is 0 Å². The minimum Gasteiger partial charge on any atom is -0.373 e. The molecule has 0 bridgehead atoms. The van der Waals surface area contributed by atoms with Gasteiger partial charge in [-0.05, 0) is 82.1 Å². The molecular weight excluding hydrogens is 522 g/mol. The van der Waals surface area contributed by atoms with Crippen LogP contribution in [0, 0.1) is 7.14 Å². The van der Waals surface area contributed by atoms with Crippen LogP contribution in [-0.2, 0) is 19.3 Å². The van der Waals surface area contributed by atoms with Crippen LogP contribution in [0.5, 0.6) is 0 Å². The smallest absolute Gasteiger partial charge is 0.373 e. The predicted octanol–water partition coefficient (Wildman–Crippen LogP) is 5.20. The Morgan fingerprint density at radius 3 is 1.73 bits per heavy atom. The largest absolute Gasteiger partial charge is 0.505 e. The Labute approximate surface area is 163 Å². The van der Waals surface area contributed by atoms with Gasteiger partial charge in [-0.15, -0.1) is 0 Å². The molecule has 0 N–H and O–H groups in total. The SMILES string of the molecule is CCCO[Si](Cc1ccc(I)c(I)c1)(OCCC)OCCC. The van der Waals surface area contributed by atoms with Crippen LogP contribution in [0.15, 0.2) is 18.2 Å². The Balaban J connectivity index is 2.94. The van der Waals surface area contributed by atoms with Gasteiger partial charge in [0, 0.05) is 33.0 Å². The lowest BCUT2D eigenvalue weighted by Crippen LogP contribution is -2.49. The first-order chi connectivity index (χ1) is 10.6. The Hall–Kier alpha value is 0.777. The summed E-state index contributed by atoms with van der Waals surface area (Å²) >= 11 is 4.73. The molecular formula is C16H26I2O3Si. The number of halogens is 2. The normalized spacial score (nSPS) is 11.9. The summed E-state index contributed by atoms with van der Waals surface area (Å²) in [6.07, 6.45) is 2.93. The van der Waals surface area contributed by atoms with Crippen LogP contribution in [-0.4, -0.2) is 28.6 Å². The van der Waals surface area contributed by atoms with Crippen LogP contribution in [0.2, 0.25) is 0 Å². The van der Waals surface area contributed by atoms with Crippen LogP contribution < -0.4 is 0 Å². The maximum atomic E-state index is 6.15. The fourth-order valence-electron chi connectivity index (χ4n) is 1.95. The molecule has 0 aliphatic carbocycles. The summed E-state index contributed by atoms with van der Waals surface area (Å²) in [7, 11) is -2.65. The summed E-state index contributed by atoms with van der Waals surface area (Å²) in [6, 6.07) is 7.27. The maximum Gasteiger partial charge on any atom is 0.505 e. The number of rotatable bonds is 11. The second-order valence-corrected chi connectivity index (χ2v) is 10.1.